The van der Waals surface area contributed by atoms with Crippen molar-refractivity contribution in [1.29, 1.82) is 0 Å². The van der Waals surface area contributed by atoms with E-state index in [-0.39, 0.29) is 17.9 Å². The molecule has 2 aromatic rings. The number of rotatable bonds is 3. The lowest BCUT2D eigenvalue weighted by atomic mass is 10.0. The van der Waals surface area contributed by atoms with Crippen molar-refractivity contribution in [3.63, 3.8) is 0 Å². The first-order valence-electron chi connectivity index (χ1n) is 8.53. The number of aryl methyl sites for hydroxylation is 2. The van der Waals surface area contributed by atoms with Crippen molar-refractivity contribution in [3.8, 4) is 0 Å². The molecule has 2 atom stereocenters. The SMILES string of the molecule is Cc1ccc(C(=O)N2C[C@@H](N)[C@H](c3cn(C)cn3)C2)c(C2CC2)n1. The van der Waals surface area contributed by atoms with Crippen LogP contribution in [0.5, 0.6) is 0 Å². The molecule has 0 aromatic carbocycles. The van der Waals surface area contributed by atoms with Crippen LogP contribution < -0.4 is 5.73 Å². The van der Waals surface area contributed by atoms with Crippen LogP contribution in [0, 0.1) is 6.92 Å². The molecule has 2 aliphatic rings. The van der Waals surface area contributed by atoms with Crippen molar-refractivity contribution in [1.82, 2.24) is 19.4 Å². The zero-order chi connectivity index (χ0) is 16.8. The number of hydrogen-bond donors (Lipinski definition) is 1. The number of aromatic nitrogens is 3. The fourth-order valence-electron chi connectivity index (χ4n) is 3.53. The van der Waals surface area contributed by atoms with Crippen LogP contribution in [0.3, 0.4) is 0 Å². The fourth-order valence-corrected chi connectivity index (χ4v) is 3.53. The highest BCUT2D eigenvalue weighted by atomic mass is 16.2. The van der Waals surface area contributed by atoms with Gasteiger partial charge in [-0.15, -0.1) is 0 Å². The molecule has 6 heteroatoms. The van der Waals surface area contributed by atoms with Gasteiger partial charge in [0.25, 0.3) is 5.91 Å². The van der Waals surface area contributed by atoms with Crippen LogP contribution in [0.15, 0.2) is 24.7 Å². The zero-order valence-corrected chi connectivity index (χ0v) is 14.1. The Kier molecular flexibility index (Phi) is 3.64. The molecule has 6 nitrogen and oxygen atoms in total. The van der Waals surface area contributed by atoms with E-state index in [0.29, 0.717) is 19.0 Å². The molecule has 0 unspecified atom stereocenters. The van der Waals surface area contributed by atoms with Gasteiger partial charge in [0.05, 0.1) is 23.3 Å². The Balaban J connectivity index is 1.58. The largest absolute Gasteiger partial charge is 0.340 e. The summed E-state index contributed by atoms with van der Waals surface area (Å²) in [7, 11) is 1.94. The molecule has 1 amide bonds. The standard InChI is InChI=1S/C18H23N5O/c1-11-3-6-13(17(21-11)12-4-5-12)18(24)23-7-14(15(19)8-23)16-9-22(2)10-20-16/h3,6,9-10,12,14-15H,4-5,7-8,19H2,1-2H3/t14-,15-/m1/s1. The van der Waals surface area contributed by atoms with E-state index in [1.807, 2.05) is 41.8 Å². The Morgan fingerprint density at radius 1 is 1.29 bits per heavy atom. The smallest absolute Gasteiger partial charge is 0.255 e. The van der Waals surface area contributed by atoms with Gasteiger partial charge in [-0.25, -0.2) is 4.98 Å². The summed E-state index contributed by atoms with van der Waals surface area (Å²) in [4.78, 5) is 24.0. The first-order chi connectivity index (χ1) is 11.5. The van der Waals surface area contributed by atoms with E-state index < -0.39 is 0 Å². The Morgan fingerprint density at radius 3 is 2.75 bits per heavy atom. The molecular weight excluding hydrogens is 302 g/mol. The highest BCUT2D eigenvalue weighted by molar-refractivity contribution is 5.96. The second-order valence-corrected chi connectivity index (χ2v) is 7.10. The molecule has 3 heterocycles. The summed E-state index contributed by atoms with van der Waals surface area (Å²) in [6, 6.07) is 3.77. The molecule has 1 saturated heterocycles. The summed E-state index contributed by atoms with van der Waals surface area (Å²) in [5.41, 5.74) is 9.95. The minimum Gasteiger partial charge on any atom is -0.340 e. The molecular formula is C18H23N5O. The van der Waals surface area contributed by atoms with E-state index in [4.69, 9.17) is 5.73 Å². The summed E-state index contributed by atoms with van der Waals surface area (Å²) in [6.07, 6.45) is 6.03. The Labute approximate surface area is 141 Å². The molecule has 1 aliphatic carbocycles. The Morgan fingerprint density at radius 2 is 2.08 bits per heavy atom. The van der Waals surface area contributed by atoms with Crippen LogP contribution in [-0.2, 0) is 7.05 Å². The predicted octanol–water partition coefficient (Wildman–Crippen LogP) is 1.57. The molecule has 1 aliphatic heterocycles. The van der Waals surface area contributed by atoms with Gasteiger partial charge < -0.3 is 15.2 Å². The van der Waals surface area contributed by atoms with Gasteiger partial charge in [-0.1, -0.05) is 0 Å². The Hall–Kier alpha value is -2.21. The van der Waals surface area contributed by atoms with Gasteiger partial charge in [0.1, 0.15) is 0 Å². The maximum absolute atomic E-state index is 13.0. The number of nitrogens with zero attached hydrogens (tertiary/aromatic N) is 4. The second kappa shape index (κ2) is 5.70. The molecule has 0 bridgehead atoms. The third kappa shape index (κ3) is 2.71. The van der Waals surface area contributed by atoms with E-state index in [9.17, 15) is 4.79 Å². The maximum Gasteiger partial charge on any atom is 0.255 e. The van der Waals surface area contributed by atoms with Gasteiger partial charge in [-0.2, -0.15) is 0 Å². The van der Waals surface area contributed by atoms with E-state index in [2.05, 4.69) is 9.97 Å². The van der Waals surface area contributed by atoms with Gasteiger partial charge in [-0.3, -0.25) is 9.78 Å². The van der Waals surface area contributed by atoms with Gasteiger partial charge in [0, 0.05) is 49.9 Å². The number of carbonyl (C=O) groups is 1. The summed E-state index contributed by atoms with van der Waals surface area (Å²) >= 11 is 0. The van der Waals surface area contributed by atoms with E-state index in [1.165, 1.54) is 0 Å². The van der Waals surface area contributed by atoms with Gasteiger partial charge >= 0.3 is 0 Å². The molecule has 2 N–H and O–H groups in total. The zero-order valence-electron chi connectivity index (χ0n) is 14.1. The number of amides is 1. The van der Waals surface area contributed by atoms with Crippen molar-refractivity contribution in [3.05, 3.63) is 47.3 Å². The lowest BCUT2D eigenvalue weighted by Crippen LogP contribution is -2.32. The van der Waals surface area contributed by atoms with Crippen molar-refractivity contribution < 1.29 is 4.79 Å². The molecule has 4 rings (SSSR count). The van der Waals surface area contributed by atoms with Crippen LogP contribution in [0.1, 0.15) is 52.1 Å². The molecule has 0 spiro atoms. The molecule has 24 heavy (non-hydrogen) atoms. The lowest BCUT2D eigenvalue weighted by molar-refractivity contribution is 0.0787. The van der Waals surface area contributed by atoms with Crippen molar-refractivity contribution >= 4 is 5.91 Å². The minimum atomic E-state index is -0.0772. The van der Waals surface area contributed by atoms with Crippen LogP contribution in [0.2, 0.25) is 0 Å². The average molecular weight is 325 g/mol. The third-order valence-electron chi connectivity index (χ3n) is 5.02. The van der Waals surface area contributed by atoms with E-state index in [1.54, 1.807) is 6.33 Å². The van der Waals surface area contributed by atoms with Crippen LogP contribution in [0.25, 0.3) is 0 Å². The lowest BCUT2D eigenvalue weighted by Gasteiger charge is -2.18. The summed E-state index contributed by atoms with van der Waals surface area (Å²) in [5, 5.41) is 0. The quantitative estimate of drug-likeness (QED) is 0.929. The average Bonchev–Trinajstić information content (AvgIpc) is 3.21. The molecule has 126 valence electrons. The first-order valence-corrected chi connectivity index (χ1v) is 8.53. The highest BCUT2D eigenvalue weighted by Crippen LogP contribution is 2.41. The fraction of sp³-hybridized carbons (Fsp3) is 0.500. The van der Waals surface area contributed by atoms with Gasteiger partial charge in [0.2, 0.25) is 0 Å². The molecule has 0 radical (unpaired) electrons. The van der Waals surface area contributed by atoms with Crippen molar-refractivity contribution in [2.24, 2.45) is 12.8 Å². The summed E-state index contributed by atoms with van der Waals surface area (Å²) in [6.45, 7) is 3.16. The number of hydrogen-bond acceptors (Lipinski definition) is 4. The number of imidazole rings is 1. The summed E-state index contributed by atoms with van der Waals surface area (Å²) in [5.74, 6) is 0.600. The normalized spacial score (nSPS) is 23.7. The second-order valence-electron chi connectivity index (χ2n) is 7.10. The molecule has 1 saturated carbocycles. The summed E-state index contributed by atoms with van der Waals surface area (Å²) < 4.78 is 1.92. The topological polar surface area (TPSA) is 77.0 Å². The number of likely N-dealkylation sites (tertiary alicyclic amines) is 1. The highest BCUT2D eigenvalue weighted by Gasteiger charge is 2.37. The number of nitrogens with two attached hydrogens (primary N) is 1. The monoisotopic (exact) mass is 325 g/mol. The Bertz CT molecular complexity index is 779. The molecule has 2 aromatic heterocycles. The van der Waals surface area contributed by atoms with Gasteiger partial charge in [0.15, 0.2) is 0 Å². The van der Waals surface area contributed by atoms with Gasteiger partial charge in [-0.05, 0) is 31.9 Å². The van der Waals surface area contributed by atoms with E-state index >= 15 is 0 Å². The molecule has 2 fully saturated rings. The number of carbonyl (C=O) groups excluding carboxylic acids is 1. The predicted molar refractivity (Wildman–Crippen MR) is 90.8 cm³/mol. The van der Waals surface area contributed by atoms with Crippen LogP contribution in [0.4, 0.5) is 0 Å². The van der Waals surface area contributed by atoms with E-state index in [0.717, 1.165) is 35.5 Å². The van der Waals surface area contributed by atoms with Crippen LogP contribution in [-0.4, -0.2) is 44.5 Å². The van der Waals surface area contributed by atoms with Crippen LogP contribution >= 0.6 is 0 Å². The van der Waals surface area contributed by atoms with Crippen molar-refractivity contribution in [2.75, 3.05) is 13.1 Å². The minimum absolute atomic E-state index is 0.0540. The number of pyridine rings is 1. The third-order valence-corrected chi connectivity index (χ3v) is 5.02. The first kappa shape index (κ1) is 15.3. The van der Waals surface area contributed by atoms with Crippen molar-refractivity contribution in [2.45, 2.75) is 37.6 Å². The maximum atomic E-state index is 13.0.